The second-order valence-electron chi connectivity index (χ2n) is 5.81. The highest BCUT2D eigenvalue weighted by atomic mass is 35.5. The zero-order valence-electron chi connectivity index (χ0n) is 15.1. The minimum absolute atomic E-state index is 0.122. The van der Waals surface area contributed by atoms with E-state index in [9.17, 15) is 4.79 Å². The number of halogens is 2. The van der Waals surface area contributed by atoms with Gasteiger partial charge >= 0.3 is 0 Å². The zero-order valence-corrected chi connectivity index (χ0v) is 17.4. The maximum absolute atomic E-state index is 11.0. The Bertz CT molecular complexity index is 790. The van der Waals surface area contributed by atoms with Crippen molar-refractivity contribution in [2.24, 2.45) is 0 Å². The molecule has 0 saturated heterocycles. The predicted octanol–water partition coefficient (Wildman–Crippen LogP) is 5.94. The van der Waals surface area contributed by atoms with Crippen LogP contribution in [-0.4, -0.2) is 17.6 Å². The Kier molecular flexibility index (Phi) is 8.16. The van der Waals surface area contributed by atoms with Gasteiger partial charge in [-0.25, -0.2) is 0 Å². The first-order chi connectivity index (χ1) is 12.9. The molecule has 2 rings (SSSR count). The molecule has 0 heterocycles. The molecule has 0 aliphatic carbocycles. The maximum atomic E-state index is 11.0. The molecule has 0 aromatic heterocycles. The number of thiocarbonyl (C=S) groups is 1. The molecule has 1 amide bonds. The van der Waals surface area contributed by atoms with Crippen molar-refractivity contribution in [3.8, 4) is 5.75 Å². The number of carbonyl (C=O) groups is 1. The third-order valence-corrected chi connectivity index (χ3v) is 4.23. The van der Waals surface area contributed by atoms with Crippen LogP contribution in [0.5, 0.6) is 5.75 Å². The summed E-state index contributed by atoms with van der Waals surface area (Å²) in [4.78, 5) is 11.0. The molecule has 0 unspecified atom stereocenters. The smallest absolute Gasteiger partial charge is 0.221 e. The molecule has 2 aromatic carbocycles. The van der Waals surface area contributed by atoms with Crippen LogP contribution in [0.25, 0.3) is 0 Å². The van der Waals surface area contributed by atoms with Crippen LogP contribution in [-0.2, 0) is 4.79 Å². The Labute approximate surface area is 174 Å². The summed E-state index contributed by atoms with van der Waals surface area (Å²) < 4.78 is 5.63. The van der Waals surface area contributed by atoms with E-state index in [0.717, 1.165) is 18.5 Å². The van der Waals surface area contributed by atoms with Gasteiger partial charge in [-0.3, -0.25) is 4.79 Å². The van der Waals surface area contributed by atoms with E-state index in [4.69, 9.17) is 40.2 Å². The van der Waals surface area contributed by atoms with Gasteiger partial charge in [0.1, 0.15) is 0 Å². The standard InChI is InChI=1S/C19H21Cl2N3O2S/c1-3-4-9-26-18-16(20)10-15(11-17(18)21)24-19(27)23-14-7-5-13(6-8-14)22-12(2)25/h5-8,10-11H,3-4,9H2,1-2H3,(H,22,25)(H2,23,24,27). The van der Waals surface area contributed by atoms with Crippen molar-refractivity contribution in [2.75, 3.05) is 22.6 Å². The number of benzene rings is 2. The minimum Gasteiger partial charge on any atom is -0.490 e. The van der Waals surface area contributed by atoms with Crippen molar-refractivity contribution < 1.29 is 9.53 Å². The summed E-state index contributed by atoms with van der Waals surface area (Å²) in [6.45, 7) is 4.11. The topological polar surface area (TPSA) is 62.4 Å². The molecule has 0 spiro atoms. The maximum Gasteiger partial charge on any atom is 0.221 e. The highest BCUT2D eigenvalue weighted by molar-refractivity contribution is 7.80. The Morgan fingerprint density at radius 3 is 2.04 bits per heavy atom. The van der Waals surface area contributed by atoms with E-state index in [1.54, 1.807) is 24.3 Å². The van der Waals surface area contributed by atoms with Gasteiger partial charge in [0, 0.05) is 24.0 Å². The number of hydrogen-bond donors (Lipinski definition) is 3. The van der Waals surface area contributed by atoms with Crippen molar-refractivity contribution in [2.45, 2.75) is 26.7 Å². The molecule has 3 N–H and O–H groups in total. The number of rotatable bonds is 7. The lowest BCUT2D eigenvalue weighted by Crippen LogP contribution is -2.19. The third kappa shape index (κ3) is 6.90. The predicted molar refractivity (Wildman–Crippen MR) is 117 cm³/mol. The number of hydrogen-bond acceptors (Lipinski definition) is 3. The fraction of sp³-hybridized carbons (Fsp3) is 0.263. The van der Waals surface area contributed by atoms with Gasteiger partial charge in [-0.2, -0.15) is 0 Å². The van der Waals surface area contributed by atoms with E-state index in [2.05, 4.69) is 22.9 Å². The molecule has 0 radical (unpaired) electrons. The van der Waals surface area contributed by atoms with Gasteiger partial charge in [-0.05, 0) is 55.0 Å². The first kappa shape index (κ1) is 21.3. The minimum atomic E-state index is -0.122. The summed E-state index contributed by atoms with van der Waals surface area (Å²) in [5, 5.41) is 10.0. The van der Waals surface area contributed by atoms with Gasteiger partial charge in [0.15, 0.2) is 10.9 Å². The van der Waals surface area contributed by atoms with E-state index in [0.29, 0.717) is 38.9 Å². The van der Waals surface area contributed by atoms with Gasteiger partial charge in [-0.15, -0.1) is 0 Å². The van der Waals surface area contributed by atoms with Crippen LogP contribution in [0.3, 0.4) is 0 Å². The highest BCUT2D eigenvalue weighted by Gasteiger charge is 2.11. The number of nitrogens with one attached hydrogen (secondary N) is 3. The van der Waals surface area contributed by atoms with E-state index in [-0.39, 0.29) is 5.91 Å². The largest absolute Gasteiger partial charge is 0.490 e. The Hall–Kier alpha value is -2.02. The van der Waals surface area contributed by atoms with Crippen LogP contribution in [0, 0.1) is 0 Å². The lowest BCUT2D eigenvalue weighted by Gasteiger charge is -2.14. The average molecular weight is 426 g/mol. The fourth-order valence-electron chi connectivity index (χ4n) is 2.22. The molecule has 27 heavy (non-hydrogen) atoms. The summed E-state index contributed by atoms with van der Waals surface area (Å²) in [5.41, 5.74) is 2.14. The molecule has 144 valence electrons. The van der Waals surface area contributed by atoms with Crippen molar-refractivity contribution in [3.05, 3.63) is 46.4 Å². The SMILES string of the molecule is CCCCOc1c(Cl)cc(NC(=S)Nc2ccc(NC(C)=O)cc2)cc1Cl. The molecule has 8 heteroatoms. The molecule has 0 bridgehead atoms. The average Bonchev–Trinajstić information content (AvgIpc) is 2.58. The van der Waals surface area contributed by atoms with E-state index in [1.165, 1.54) is 6.92 Å². The van der Waals surface area contributed by atoms with Gasteiger partial charge in [0.2, 0.25) is 5.91 Å². The van der Waals surface area contributed by atoms with Crippen LogP contribution < -0.4 is 20.7 Å². The number of ether oxygens (including phenoxy) is 1. The molecule has 0 saturated carbocycles. The lowest BCUT2D eigenvalue weighted by atomic mass is 10.2. The molecule has 0 aliphatic rings. The molecule has 5 nitrogen and oxygen atoms in total. The number of anilines is 3. The van der Waals surface area contributed by atoms with Crippen molar-refractivity contribution in [1.29, 1.82) is 0 Å². The van der Waals surface area contributed by atoms with Crippen molar-refractivity contribution in [3.63, 3.8) is 0 Å². The summed E-state index contributed by atoms with van der Waals surface area (Å²) in [6.07, 6.45) is 1.96. The molecule has 2 aromatic rings. The van der Waals surface area contributed by atoms with Gasteiger partial charge in [0.25, 0.3) is 0 Å². The van der Waals surface area contributed by atoms with Crippen molar-refractivity contribution >= 4 is 63.5 Å². The molecule has 0 atom stereocenters. The van der Waals surface area contributed by atoms with E-state index >= 15 is 0 Å². The normalized spacial score (nSPS) is 10.2. The molecule has 0 fully saturated rings. The highest BCUT2D eigenvalue weighted by Crippen LogP contribution is 2.36. The lowest BCUT2D eigenvalue weighted by molar-refractivity contribution is -0.114. The quantitative estimate of drug-likeness (QED) is 0.378. The van der Waals surface area contributed by atoms with E-state index in [1.807, 2.05) is 12.1 Å². The van der Waals surface area contributed by atoms with Crippen LogP contribution in [0.4, 0.5) is 17.1 Å². The van der Waals surface area contributed by atoms with Crippen LogP contribution in [0.1, 0.15) is 26.7 Å². The third-order valence-electron chi connectivity index (χ3n) is 3.46. The Morgan fingerprint density at radius 1 is 1.00 bits per heavy atom. The number of unbranched alkanes of at least 4 members (excludes halogenated alkanes) is 1. The summed E-state index contributed by atoms with van der Waals surface area (Å²) in [7, 11) is 0. The molecular formula is C19H21Cl2N3O2S. The number of carbonyl (C=O) groups excluding carboxylic acids is 1. The monoisotopic (exact) mass is 425 g/mol. The van der Waals surface area contributed by atoms with Gasteiger partial charge < -0.3 is 20.7 Å². The van der Waals surface area contributed by atoms with Crippen LogP contribution in [0.2, 0.25) is 10.0 Å². The molecule has 0 aliphatic heterocycles. The second-order valence-corrected chi connectivity index (χ2v) is 7.03. The summed E-state index contributed by atoms with van der Waals surface area (Å²) in [5.74, 6) is 0.355. The van der Waals surface area contributed by atoms with Crippen LogP contribution in [0.15, 0.2) is 36.4 Å². The van der Waals surface area contributed by atoms with E-state index < -0.39 is 0 Å². The summed E-state index contributed by atoms with van der Waals surface area (Å²) >= 11 is 17.9. The fourth-order valence-corrected chi connectivity index (χ4v) is 3.05. The summed E-state index contributed by atoms with van der Waals surface area (Å²) in [6, 6.07) is 10.6. The molecular weight excluding hydrogens is 405 g/mol. The Morgan fingerprint density at radius 2 is 1.52 bits per heavy atom. The van der Waals surface area contributed by atoms with Gasteiger partial charge in [0.05, 0.1) is 16.7 Å². The zero-order chi connectivity index (χ0) is 19.8. The number of amides is 1. The van der Waals surface area contributed by atoms with Crippen LogP contribution >= 0.6 is 35.4 Å². The van der Waals surface area contributed by atoms with Crippen molar-refractivity contribution in [1.82, 2.24) is 0 Å². The first-order valence-corrected chi connectivity index (χ1v) is 9.63. The first-order valence-electron chi connectivity index (χ1n) is 8.46. The van der Waals surface area contributed by atoms with Gasteiger partial charge in [-0.1, -0.05) is 36.5 Å². The second kappa shape index (κ2) is 10.3. The Balaban J connectivity index is 1.98.